The van der Waals surface area contributed by atoms with Gasteiger partial charge in [0, 0.05) is 31.5 Å². The van der Waals surface area contributed by atoms with E-state index in [2.05, 4.69) is 4.98 Å². The third kappa shape index (κ3) is 2.65. The van der Waals surface area contributed by atoms with Crippen LogP contribution in [-0.4, -0.2) is 36.8 Å². The third-order valence-electron chi connectivity index (χ3n) is 3.25. The van der Waals surface area contributed by atoms with Crippen LogP contribution in [0.4, 0.5) is 0 Å². The van der Waals surface area contributed by atoms with Crippen LogP contribution in [-0.2, 0) is 10.0 Å². The monoisotopic (exact) mass is 257 g/mol. The van der Waals surface area contributed by atoms with Crippen molar-refractivity contribution >= 4 is 10.0 Å². The fraction of sp³-hybridized carbons (Fsp3) is 0.545. The number of sulfonamides is 1. The maximum atomic E-state index is 12.3. The molecule has 0 aliphatic rings. The van der Waals surface area contributed by atoms with Crippen molar-refractivity contribution in [2.45, 2.75) is 30.7 Å². The van der Waals surface area contributed by atoms with Crippen LogP contribution in [0.2, 0.25) is 0 Å². The number of nitrogens with two attached hydrogens (primary N) is 1. The van der Waals surface area contributed by atoms with E-state index in [9.17, 15) is 8.42 Å². The molecule has 0 bridgehead atoms. The van der Waals surface area contributed by atoms with Gasteiger partial charge in [-0.3, -0.25) is 4.98 Å². The first-order valence-corrected chi connectivity index (χ1v) is 6.91. The predicted octanol–water partition coefficient (Wildman–Crippen LogP) is 0.830. The number of rotatable bonds is 5. The second-order valence-corrected chi connectivity index (χ2v) is 6.19. The Kier molecular flexibility index (Phi) is 4.24. The lowest BCUT2D eigenvalue weighted by atomic mass is 10.00. The highest BCUT2D eigenvalue weighted by molar-refractivity contribution is 7.89. The zero-order valence-electron chi connectivity index (χ0n) is 10.4. The Hall–Kier alpha value is -0.980. The summed E-state index contributed by atoms with van der Waals surface area (Å²) in [5, 5.41) is 0. The second kappa shape index (κ2) is 5.12. The van der Waals surface area contributed by atoms with E-state index in [0.717, 1.165) is 0 Å². The van der Waals surface area contributed by atoms with E-state index in [-0.39, 0.29) is 11.4 Å². The smallest absolute Gasteiger partial charge is 0.244 e. The van der Waals surface area contributed by atoms with Crippen molar-refractivity contribution in [2.24, 2.45) is 5.73 Å². The SMILES string of the molecule is CCC(C)(CN)N(C)S(=O)(=O)c1cccnc1. The molecular weight excluding hydrogens is 238 g/mol. The first kappa shape index (κ1) is 14.1. The molecule has 96 valence electrons. The molecule has 1 aromatic heterocycles. The molecule has 1 aromatic rings. The van der Waals surface area contributed by atoms with Crippen LogP contribution >= 0.6 is 0 Å². The molecule has 5 nitrogen and oxygen atoms in total. The van der Waals surface area contributed by atoms with Gasteiger partial charge in [-0.15, -0.1) is 0 Å². The van der Waals surface area contributed by atoms with E-state index in [0.29, 0.717) is 6.42 Å². The minimum absolute atomic E-state index is 0.190. The minimum atomic E-state index is -3.53. The number of aromatic nitrogens is 1. The van der Waals surface area contributed by atoms with Crippen molar-refractivity contribution < 1.29 is 8.42 Å². The second-order valence-electron chi connectivity index (χ2n) is 4.22. The van der Waals surface area contributed by atoms with Crippen molar-refractivity contribution in [1.29, 1.82) is 0 Å². The maximum Gasteiger partial charge on any atom is 0.244 e. The van der Waals surface area contributed by atoms with Gasteiger partial charge in [-0.2, -0.15) is 4.31 Å². The van der Waals surface area contributed by atoms with E-state index in [1.807, 2.05) is 13.8 Å². The lowest BCUT2D eigenvalue weighted by molar-refractivity contribution is 0.240. The summed E-state index contributed by atoms with van der Waals surface area (Å²) in [6.07, 6.45) is 3.54. The Balaban J connectivity index is 3.16. The number of likely N-dealkylation sites (N-methyl/N-ethyl adjacent to an activating group) is 1. The predicted molar refractivity (Wildman–Crippen MR) is 66.9 cm³/mol. The van der Waals surface area contributed by atoms with Gasteiger partial charge in [0.1, 0.15) is 4.90 Å². The van der Waals surface area contributed by atoms with E-state index in [1.54, 1.807) is 19.3 Å². The Morgan fingerprint density at radius 2 is 2.18 bits per heavy atom. The van der Waals surface area contributed by atoms with Gasteiger partial charge in [-0.1, -0.05) is 6.92 Å². The highest BCUT2D eigenvalue weighted by atomic mass is 32.2. The molecule has 17 heavy (non-hydrogen) atoms. The first-order valence-electron chi connectivity index (χ1n) is 5.47. The lowest BCUT2D eigenvalue weighted by Crippen LogP contribution is -2.51. The number of pyridine rings is 1. The topological polar surface area (TPSA) is 76.3 Å². The van der Waals surface area contributed by atoms with E-state index >= 15 is 0 Å². The molecule has 0 radical (unpaired) electrons. The Bertz CT molecular complexity index is 455. The molecule has 0 saturated heterocycles. The Labute approximate surface area is 103 Å². The van der Waals surface area contributed by atoms with Gasteiger partial charge >= 0.3 is 0 Å². The fourth-order valence-corrected chi connectivity index (χ4v) is 2.99. The molecule has 1 unspecified atom stereocenters. The number of hydrogen-bond donors (Lipinski definition) is 1. The zero-order chi connectivity index (χ0) is 13.1. The molecule has 0 aliphatic carbocycles. The van der Waals surface area contributed by atoms with Crippen LogP contribution in [0.3, 0.4) is 0 Å². The molecule has 1 heterocycles. The quantitative estimate of drug-likeness (QED) is 0.847. The molecule has 1 rings (SSSR count). The minimum Gasteiger partial charge on any atom is -0.329 e. The molecule has 0 fully saturated rings. The molecule has 0 saturated carbocycles. The zero-order valence-corrected chi connectivity index (χ0v) is 11.2. The van der Waals surface area contributed by atoms with Gasteiger partial charge in [0.05, 0.1) is 0 Å². The first-order chi connectivity index (χ1) is 7.88. The molecule has 0 spiro atoms. The largest absolute Gasteiger partial charge is 0.329 e. The molecule has 0 aromatic carbocycles. The summed E-state index contributed by atoms with van der Waals surface area (Å²) in [7, 11) is -1.98. The van der Waals surface area contributed by atoms with Crippen molar-refractivity contribution in [3.8, 4) is 0 Å². The van der Waals surface area contributed by atoms with Gasteiger partial charge in [-0.05, 0) is 25.5 Å². The van der Waals surface area contributed by atoms with Gasteiger partial charge in [-0.25, -0.2) is 8.42 Å². The van der Waals surface area contributed by atoms with Gasteiger partial charge in [0.25, 0.3) is 0 Å². The Morgan fingerprint density at radius 3 is 2.59 bits per heavy atom. The fourth-order valence-electron chi connectivity index (χ4n) is 1.44. The standard InChI is InChI=1S/C11H19N3O2S/c1-4-11(2,9-12)14(3)17(15,16)10-6-5-7-13-8-10/h5-8H,4,9,12H2,1-3H3. The van der Waals surface area contributed by atoms with Crippen molar-refractivity contribution in [2.75, 3.05) is 13.6 Å². The summed E-state index contributed by atoms with van der Waals surface area (Å²) in [4.78, 5) is 4.02. The van der Waals surface area contributed by atoms with E-state index in [4.69, 9.17) is 5.73 Å². The molecular formula is C11H19N3O2S. The van der Waals surface area contributed by atoms with Crippen molar-refractivity contribution in [3.05, 3.63) is 24.5 Å². The summed E-state index contributed by atoms with van der Waals surface area (Å²) in [6, 6.07) is 3.14. The summed E-state index contributed by atoms with van der Waals surface area (Å²) in [5.41, 5.74) is 5.10. The van der Waals surface area contributed by atoms with Crippen LogP contribution in [0.5, 0.6) is 0 Å². The summed E-state index contributed by atoms with van der Waals surface area (Å²) >= 11 is 0. The normalized spacial score (nSPS) is 15.8. The molecule has 6 heteroatoms. The molecule has 2 N–H and O–H groups in total. The molecule has 0 aliphatic heterocycles. The highest BCUT2D eigenvalue weighted by Gasteiger charge is 2.35. The highest BCUT2D eigenvalue weighted by Crippen LogP contribution is 2.24. The Morgan fingerprint density at radius 1 is 1.53 bits per heavy atom. The number of hydrogen-bond acceptors (Lipinski definition) is 4. The molecule has 1 atom stereocenters. The van der Waals surface area contributed by atoms with Gasteiger partial charge in [0.15, 0.2) is 0 Å². The third-order valence-corrected chi connectivity index (χ3v) is 5.25. The van der Waals surface area contributed by atoms with Crippen LogP contribution in [0.15, 0.2) is 29.4 Å². The lowest BCUT2D eigenvalue weighted by Gasteiger charge is -2.36. The van der Waals surface area contributed by atoms with Gasteiger partial charge in [0.2, 0.25) is 10.0 Å². The summed E-state index contributed by atoms with van der Waals surface area (Å²) < 4.78 is 26.0. The summed E-state index contributed by atoms with van der Waals surface area (Å²) in [5.74, 6) is 0. The number of nitrogens with zero attached hydrogens (tertiary/aromatic N) is 2. The van der Waals surface area contributed by atoms with Crippen LogP contribution in [0, 0.1) is 0 Å². The van der Waals surface area contributed by atoms with E-state index in [1.165, 1.54) is 16.6 Å². The average Bonchev–Trinajstić information content (AvgIpc) is 2.38. The average molecular weight is 257 g/mol. The van der Waals surface area contributed by atoms with Crippen LogP contribution in [0.1, 0.15) is 20.3 Å². The van der Waals surface area contributed by atoms with Crippen molar-refractivity contribution in [3.63, 3.8) is 0 Å². The van der Waals surface area contributed by atoms with E-state index < -0.39 is 15.6 Å². The molecule has 0 amide bonds. The van der Waals surface area contributed by atoms with Gasteiger partial charge < -0.3 is 5.73 Å². The van der Waals surface area contributed by atoms with Crippen molar-refractivity contribution in [1.82, 2.24) is 9.29 Å². The van der Waals surface area contributed by atoms with Crippen LogP contribution in [0.25, 0.3) is 0 Å². The summed E-state index contributed by atoms with van der Waals surface area (Å²) in [6.45, 7) is 4.03. The van der Waals surface area contributed by atoms with Crippen LogP contribution < -0.4 is 5.73 Å². The maximum absolute atomic E-state index is 12.3.